The lowest BCUT2D eigenvalue weighted by atomic mass is 10.3. The Labute approximate surface area is 98.5 Å². The van der Waals surface area contributed by atoms with Crippen LogP contribution in [0.2, 0.25) is 0 Å². The summed E-state index contributed by atoms with van der Waals surface area (Å²) in [5.41, 5.74) is 5.54. The fourth-order valence-electron chi connectivity index (χ4n) is 1.86. The first-order valence-electron chi connectivity index (χ1n) is 6.25. The molecule has 0 aliphatic heterocycles. The van der Waals surface area contributed by atoms with Crippen molar-refractivity contribution in [3.05, 3.63) is 18.7 Å². The van der Waals surface area contributed by atoms with Gasteiger partial charge < -0.3 is 15.2 Å². The smallest absolute Gasteiger partial charge is 0.0945 e. The molecule has 0 bridgehead atoms. The Hall–Kier alpha value is -0.870. The van der Waals surface area contributed by atoms with E-state index >= 15 is 0 Å². The van der Waals surface area contributed by atoms with Crippen molar-refractivity contribution in [1.82, 2.24) is 14.5 Å². The van der Waals surface area contributed by atoms with Crippen molar-refractivity contribution in [2.24, 2.45) is 5.73 Å². The summed E-state index contributed by atoms with van der Waals surface area (Å²) in [7, 11) is 0. The summed E-state index contributed by atoms with van der Waals surface area (Å²) in [6.45, 7) is 7.56. The number of imidazole rings is 1. The van der Waals surface area contributed by atoms with Gasteiger partial charge in [0, 0.05) is 18.9 Å². The Morgan fingerprint density at radius 3 is 2.69 bits per heavy atom. The molecule has 0 aromatic carbocycles. The fourth-order valence-corrected chi connectivity index (χ4v) is 1.86. The van der Waals surface area contributed by atoms with Crippen molar-refractivity contribution >= 4 is 0 Å². The van der Waals surface area contributed by atoms with E-state index in [1.807, 2.05) is 18.7 Å². The zero-order valence-electron chi connectivity index (χ0n) is 10.3. The second-order valence-electron chi connectivity index (χ2n) is 4.14. The van der Waals surface area contributed by atoms with Gasteiger partial charge in [0.1, 0.15) is 0 Å². The Balaban J connectivity index is 2.15. The summed E-state index contributed by atoms with van der Waals surface area (Å²) in [6, 6.07) is 0. The van der Waals surface area contributed by atoms with E-state index in [9.17, 15) is 0 Å². The number of hydrogen-bond acceptors (Lipinski definition) is 3. The monoisotopic (exact) mass is 224 g/mol. The lowest BCUT2D eigenvalue weighted by Crippen LogP contribution is -2.28. The van der Waals surface area contributed by atoms with Crippen LogP contribution in [0, 0.1) is 0 Å². The molecule has 0 saturated carbocycles. The van der Waals surface area contributed by atoms with Crippen LogP contribution in [0.3, 0.4) is 0 Å². The molecule has 1 aromatic rings. The second-order valence-corrected chi connectivity index (χ2v) is 4.14. The van der Waals surface area contributed by atoms with Gasteiger partial charge in [-0.25, -0.2) is 4.98 Å². The maximum atomic E-state index is 5.54. The number of aromatic nitrogens is 2. The standard InChI is InChI=1S/C12H24N4/c1-2-7-15(8-3-5-13)9-4-10-16-11-6-14-12-16/h6,11-12H,2-5,7-10,13H2,1H3. The first-order chi connectivity index (χ1) is 7.86. The predicted octanol–water partition coefficient (Wildman–Crippen LogP) is 1.33. The van der Waals surface area contributed by atoms with Crippen LogP contribution in [0.25, 0.3) is 0 Å². The maximum Gasteiger partial charge on any atom is 0.0945 e. The molecule has 1 rings (SSSR count). The molecule has 4 nitrogen and oxygen atoms in total. The highest BCUT2D eigenvalue weighted by Crippen LogP contribution is 1.98. The van der Waals surface area contributed by atoms with Gasteiger partial charge in [0.25, 0.3) is 0 Å². The van der Waals surface area contributed by atoms with Gasteiger partial charge in [-0.05, 0) is 45.4 Å². The summed E-state index contributed by atoms with van der Waals surface area (Å²) >= 11 is 0. The molecular weight excluding hydrogens is 200 g/mol. The van der Waals surface area contributed by atoms with Crippen LogP contribution in [-0.2, 0) is 6.54 Å². The van der Waals surface area contributed by atoms with Gasteiger partial charge in [-0.15, -0.1) is 0 Å². The quantitative estimate of drug-likeness (QED) is 0.688. The molecule has 1 aromatic heterocycles. The van der Waals surface area contributed by atoms with Gasteiger partial charge >= 0.3 is 0 Å². The average molecular weight is 224 g/mol. The molecule has 0 aliphatic rings. The molecule has 0 amide bonds. The average Bonchev–Trinajstić information content (AvgIpc) is 2.79. The summed E-state index contributed by atoms with van der Waals surface area (Å²) < 4.78 is 2.13. The van der Waals surface area contributed by atoms with E-state index in [0.717, 1.165) is 32.6 Å². The van der Waals surface area contributed by atoms with Crippen LogP contribution in [0.4, 0.5) is 0 Å². The van der Waals surface area contributed by atoms with Crippen LogP contribution < -0.4 is 5.73 Å². The Kier molecular flexibility index (Phi) is 6.85. The van der Waals surface area contributed by atoms with Gasteiger partial charge in [0.2, 0.25) is 0 Å². The van der Waals surface area contributed by atoms with Crippen LogP contribution >= 0.6 is 0 Å². The zero-order valence-corrected chi connectivity index (χ0v) is 10.3. The van der Waals surface area contributed by atoms with E-state index in [1.54, 1.807) is 0 Å². The van der Waals surface area contributed by atoms with Crippen LogP contribution in [0.5, 0.6) is 0 Å². The van der Waals surface area contributed by atoms with Crippen molar-refractivity contribution in [2.45, 2.75) is 32.7 Å². The molecule has 92 valence electrons. The second kappa shape index (κ2) is 8.30. The predicted molar refractivity (Wildman–Crippen MR) is 67.2 cm³/mol. The molecule has 0 fully saturated rings. The summed E-state index contributed by atoms with van der Waals surface area (Å²) in [4.78, 5) is 6.54. The lowest BCUT2D eigenvalue weighted by Gasteiger charge is -2.21. The lowest BCUT2D eigenvalue weighted by molar-refractivity contribution is 0.264. The minimum atomic E-state index is 0.793. The third kappa shape index (κ3) is 5.28. The van der Waals surface area contributed by atoms with Crippen LogP contribution in [0.15, 0.2) is 18.7 Å². The number of rotatable bonds is 9. The maximum absolute atomic E-state index is 5.54. The van der Waals surface area contributed by atoms with Gasteiger partial charge in [0.15, 0.2) is 0 Å². The van der Waals surface area contributed by atoms with Gasteiger partial charge in [-0.3, -0.25) is 0 Å². The van der Waals surface area contributed by atoms with Crippen molar-refractivity contribution in [1.29, 1.82) is 0 Å². The Bertz CT molecular complexity index is 246. The largest absolute Gasteiger partial charge is 0.337 e. The minimum absolute atomic E-state index is 0.793. The molecule has 0 spiro atoms. The van der Waals surface area contributed by atoms with E-state index in [2.05, 4.69) is 21.4 Å². The van der Waals surface area contributed by atoms with Gasteiger partial charge in [0.05, 0.1) is 6.33 Å². The molecule has 0 aliphatic carbocycles. The highest BCUT2D eigenvalue weighted by Gasteiger charge is 2.02. The zero-order chi connectivity index (χ0) is 11.6. The first-order valence-corrected chi connectivity index (χ1v) is 6.25. The summed E-state index contributed by atoms with van der Waals surface area (Å²) in [6.07, 6.45) is 9.23. The molecule has 0 atom stereocenters. The third-order valence-electron chi connectivity index (χ3n) is 2.67. The van der Waals surface area contributed by atoms with Crippen molar-refractivity contribution in [3.8, 4) is 0 Å². The topological polar surface area (TPSA) is 47.1 Å². The number of nitrogens with zero attached hydrogens (tertiary/aromatic N) is 3. The summed E-state index contributed by atoms with van der Waals surface area (Å²) in [5.74, 6) is 0. The van der Waals surface area contributed by atoms with Gasteiger partial charge in [-0.1, -0.05) is 6.92 Å². The van der Waals surface area contributed by atoms with E-state index in [0.29, 0.717) is 0 Å². The first kappa shape index (κ1) is 13.2. The highest BCUT2D eigenvalue weighted by atomic mass is 15.1. The highest BCUT2D eigenvalue weighted by molar-refractivity contribution is 4.74. The number of nitrogens with two attached hydrogens (primary N) is 1. The molecule has 1 heterocycles. The SMILES string of the molecule is CCCN(CCCN)CCCn1ccnc1. The third-order valence-corrected chi connectivity index (χ3v) is 2.67. The van der Waals surface area contributed by atoms with Crippen LogP contribution in [0.1, 0.15) is 26.2 Å². The van der Waals surface area contributed by atoms with E-state index in [-0.39, 0.29) is 0 Å². The minimum Gasteiger partial charge on any atom is -0.337 e. The van der Waals surface area contributed by atoms with Crippen molar-refractivity contribution in [2.75, 3.05) is 26.2 Å². The fraction of sp³-hybridized carbons (Fsp3) is 0.750. The van der Waals surface area contributed by atoms with Crippen molar-refractivity contribution in [3.63, 3.8) is 0 Å². The molecule has 0 saturated heterocycles. The van der Waals surface area contributed by atoms with E-state index in [4.69, 9.17) is 5.73 Å². The number of aryl methyl sites for hydroxylation is 1. The molecule has 0 radical (unpaired) electrons. The summed E-state index contributed by atoms with van der Waals surface area (Å²) in [5, 5.41) is 0. The molecule has 4 heteroatoms. The van der Waals surface area contributed by atoms with Crippen molar-refractivity contribution < 1.29 is 0 Å². The number of hydrogen-bond donors (Lipinski definition) is 1. The molecule has 2 N–H and O–H groups in total. The molecule has 0 unspecified atom stereocenters. The van der Waals surface area contributed by atoms with Crippen LogP contribution in [-0.4, -0.2) is 40.6 Å². The molecule has 16 heavy (non-hydrogen) atoms. The van der Waals surface area contributed by atoms with Gasteiger partial charge in [-0.2, -0.15) is 0 Å². The molecular formula is C12H24N4. The normalized spacial score (nSPS) is 11.2. The van der Waals surface area contributed by atoms with E-state index in [1.165, 1.54) is 19.4 Å². The Morgan fingerprint density at radius 1 is 1.25 bits per heavy atom. The Morgan fingerprint density at radius 2 is 2.06 bits per heavy atom. The van der Waals surface area contributed by atoms with E-state index < -0.39 is 0 Å².